The van der Waals surface area contributed by atoms with E-state index < -0.39 is 35.8 Å². The summed E-state index contributed by atoms with van der Waals surface area (Å²) < 4.78 is 0. The molecule has 2 aliphatic rings. The molecule has 1 aromatic heterocycles. The first kappa shape index (κ1) is 29.3. The maximum atomic E-state index is 13.5. The van der Waals surface area contributed by atoms with Crippen LogP contribution in [0.5, 0.6) is 0 Å². The summed E-state index contributed by atoms with van der Waals surface area (Å²) >= 11 is 0. The molecule has 10 nitrogen and oxygen atoms in total. The minimum absolute atomic E-state index is 0.112. The molecule has 2 fully saturated rings. The Bertz CT molecular complexity index is 1190. The average Bonchev–Trinajstić information content (AvgIpc) is 3.57. The molecule has 2 heterocycles. The van der Waals surface area contributed by atoms with Gasteiger partial charge in [-0.25, -0.2) is 0 Å². The first-order valence-electron chi connectivity index (χ1n) is 14.5. The van der Waals surface area contributed by atoms with Crippen LogP contribution in [0.15, 0.2) is 30.3 Å². The van der Waals surface area contributed by atoms with Crippen molar-refractivity contribution in [1.29, 1.82) is 0 Å². The number of H-pyrrole nitrogens is 1. The summed E-state index contributed by atoms with van der Waals surface area (Å²) in [6.07, 6.45) is 7.22. The van der Waals surface area contributed by atoms with E-state index >= 15 is 0 Å². The number of aldehydes is 1. The van der Waals surface area contributed by atoms with Gasteiger partial charge in [-0.2, -0.15) is 0 Å². The van der Waals surface area contributed by atoms with Gasteiger partial charge in [0.05, 0.1) is 6.04 Å². The third-order valence-electron chi connectivity index (χ3n) is 8.13. The van der Waals surface area contributed by atoms with Crippen LogP contribution in [0.1, 0.15) is 75.7 Å². The number of nitrogens with one attached hydrogen (secondary N) is 5. The second-order valence-corrected chi connectivity index (χ2v) is 11.5. The van der Waals surface area contributed by atoms with Crippen LogP contribution >= 0.6 is 0 Å². The maximum absolute atomic E-state index is 13.5. The van der Waals surface area contributed by atoms with Crippen molar-refractivity contribution >= 4 is 40.8 Å². The van der Waals surface area contributed by atoms with Crippen LogP contribution in [-0.2, 0) is 19.2 Å². The summed E-state index contributed by atoms with van der Waals surface area (Å²) in [5.41, 5.74) is 1.17. The van der Waals surface area contributed by atoms with Crippen LogP contribution in [0.25, 0.3) is 10.9 Å². The molecule has 1 aromatic carbocycles. The average molecular weight is 552 g/mol. The fourth-order valence-electron chi connectivity index (χ4n) is 5.81. The Kier molecular flexibility index (Phi) is 9.95. The lowest BCUT2D eigenvalue weighted by atomic mass is 9.84. The Labute approximate surface area is 234 Å². The highest BCUT2D eigenvalue weighted by Gasteiger charge is 2.33. The summed E-state index contributed by atoms with van der Waals surface area (Å²) in [5, 5.41) is 12.1. The number of rotatable bonds is 12. The van der Waals surface area contributed by atoms with Gasteiger partial charge in [0, 0.05) is 23.4 Å². The van der Waals surface area contributed by atoms with Gasteiger partial charge in [0.2, 0.25) is 17.7 Å². The standard InChI is InChI=1S/C30H41N5O5/c1-18(2)26(35-29(39)25-16-20-10-6-7-11-23(20)33-25)30(40)34-24(14-19-8-4-3-5-9-19)28(38)32-22(17-36)15-21-12-13-31-27(21)37/h6-7,10-11,16-19,21-22,24,26,33H,3-5,8-9,12-15H2,1-2H3,(H,31,37)(H,32,38)(H,34,40)(H,35,39)/t21-,22-,24-,26-/m0/s1. The van der Waals surface area contributed by atoms with E-state index in [0.29, 0.717) is 31.4 Å². The molecule has 1 saturated heterocycles. The quantitative estimate of drug-likeness (QED) is 0.257. The summed E-state index contributed by atoms with van der Waals surface area (Å²) in [6, 6.07) is 6.72. The van der Waals surface area contributed by atoms with E-state index in [9.17, 15) is 24.0 Å². The highest BCUT2D eigenvalue weighted by molar-refractivity contribution is 6.00. The van der Waals surface area contributed by atoms with Crippen molar-refractivity contribution in [1.82, 2.24) is 26.3 Å². The second kappa shape index (κ2) is 13.6. The Hall–Kier alpha value is -3.69. The van der Waals surface area contributed by atoms with Crippen LogP contribution in [-0.4, -0.2) is 59.6 Å². The molecule has 0 bridgehead atoms. The van der Waals surface area contributed by atoms with Crippen LogP contribution < -0.4 is 21.3 Å². The number of aromatic amines is 1. The van der Waals surface area contributed by atoms with Crippen LogP contribution in [0, 0.1) is 17.8 Å². The van der Waals surface area contributed by atoms with Gasteiger partial charge in [-0.05, 0) is 43.2 Å². The lowest BCUT2D eigenvalue weighted by Gasteiger charge is -2.29. The van der Waals surface area contributed by atoms with E-state index in [4.69, 9.17) is 0 Å². The number of carbonyl (C=O) groups excluding carboxylic acids is 5. The Morgan fingerprint density at radius 2 is 1.73 bits per heavy atom. The number of para-hydroxylation sites is 1. The smallest absolute Gasteiger partial charge is 0.268 e. The molecule has 1 aliphatic heterocycles. The van der Waals surface area contributed by atoms with E-state index in [1.54, 1.807) is 6.07 Å². The highest BCUT2D eigenvalue weighted by Crippen LogP contribution is 2.28. The van der Waals surface area contributed by atoms with Crippen molar-refractivity contribution in [3.8, 4) is 0 Å². The zero-order valence-corrected chi connectivity index (χ0v) is 23.3. The van der Waals surface area contributed by atoms with Gasteiger partial charge in [0.15, 0.2) is 0 Å². The van der Waals surface area contributed by atoms with E-state index in [-0.39, 0.29) is 30.1 Å². The SMILES string of the molecule is CC(C)[C@H](NC(=O)c1cc2ccccc2[nH]1)C(=O)N[C@@H](CC1CCCCC1)C(=O)N[C@H](C=O)C[C@@H]1CCNC1=O. The Morgan fingerprint density at radius 1 is 0.975 bits per heavy atom. The molecular formula is C30H41N5O5. The zero-order valence-electron chi connectivity index (χ0n) is 23.3. The van der Waals surface area contributed by atoms with E-state index in [1.165, 1.54) is 0 Å². The van der Waals surface area contributed by atoms with Crippen molar-refractivity contribution in [2.75, 3.05) is 6.54 Å². The zero-order chi connectivity index (χ0) is 28.6. The third kappa shape index (κ3) is 7.49. The normalized spacial score (nSPS) is 20.0. The van der Waals surface area contributed by atoms with Crippen molar-refractivity contribution in [3.63, 3.8) is 0 Å². The molecule has 40 heavy (non-hydrogen) atoms. The van der Waals surface area contributed by atoms with Gasteiger partial charge >= 0.3 is 0 Å². The molecule has 0 unspecified atom stereocenters. The third-order valence-corrected chi connectivity index (χ3v) is 8.13. The molecule has 5 N–H and O–H groups in total. The van der Waals surface area contributed by atoms with E-state index in [2.05, 4.69) is 26.3 Å². The number of aromatic nitrogens is 1. The number of carbonyl (C=O) groups is 5. The van der Waals surface area contributed by atoms with Crippen molar-refractivity contribution < 1.29 is 24.0 Å². The minimum Gasteiger partial charge on any atom is -0.356 e. The monoisotopic (exact) mass is 551 g/mol. The minimum atomic E-state index is -0.871. The van der Waals surface area contributed by atoms with Crippen LogP contribution in [0.4, 0.5) is 0 Å². The number of benzene rings is 1. The predicted octanol–water partition coefficient (Wildman–Crippen LogP) is 2.59. The molecule has 1 saturated carbocycles. The number of hydrogen-bond acceptors (Lipinski definition) is 5. The summed E-state index contributed by atoms with van der Waals surface area (Å²) in [7, 11) is 0. The van der Waals surface area contributed by atoms with Crippen LogP contribution in [0.3, 0.4) is 0 Å². The summed E-state index contributed by atoms with van der Waals surface area (Å²) in [6.45, 7) is 4.23. The highest BCUT2D eigenvalue weighted by atomic mass is 16.2. The topological polar surface area (TPSA) is 149 Å². The predicted molar refractivity (Wildman–Crippen MR) is 151 cm³/mol. The fourth-order valence-corrected chi connectivity index (χ4v) is 5.81. The van der Waals surface area contributed by atoms with Gasteiger partial charge in [0.25, 0.3) is 5.91 Å². The Morgan fingerprint density at radius 3 is 2.38 bits per heavy atom. The van der Waals surface area contributed by atoms with Crippen LogP contribution in [0.2, 0.25) is 0 Å². The molecule has 4 amide bonds. The van der Waals surface area contributed by atoms with E-state index in [1.807, 2.05) is 38.1 Å². The van der Waals surface area contributed by atoms with Gasteiger partial charge in [-0.3, -0.25) is 19.2 Å². The molecule has 4 rings (SSSR count). The van der Waals surface area contributed by atoms with Gasteiger partial charge in [0.1, 0.15) is 24.1 Å². The Balaban J connectivity index is 1.45. The molecule has 0 spiro atoms. The molecule has 4 atom stereocenters. The van der Waals surface area contributed by atoms with E-state index in [0.717, 1.165) is 43.0 Å². The maximum Gasteiger partial charge on any atom is 0.268 e. The van der Waals surface area contributed by atoms with Gasteiger partial charge < -0.3 is 31.0 Å². The second-order valence-electron chi connectivity index (χ2n) is 11.5. The van der Waals surface area contributed by atoms with Gasteiger partial charge in [-0.1, -0.05) is 64.2 Å². The first-order chi connectivity index (χ1) is 19.2. The number of fused-ring (bicyclic) bond motifs is 1. The molecule has 2 aromatic rings. The molecule has 0 radical (unpaired) electrons. The molecule has 216 valence electrons. The van der Waals surface area contributed by atoms with Gasteiger partial charge in [-0.15, -0.1) is 0 Å². The largest absolute Gasteiger partial charge is 0.356 e. The summed E-state index contributed by atoms with van der Waals surface area (Å²) in [4.78, 5) is 66.9. The molecule has 1 aliphatic carbocycles. The molecular weight excluding hydrogens is 510 g/mol. The lowest BCUT2D eigenvalue weighted by Crippen LogP contribution is -2.57. The lowest BCUT2D eigenvalue weighted by molar-refractivity contribution is -0.132. The first-order valence-corrected chi connectivity index (χ1v) is 14.5. The molecule has 10 heteroatoms. The number of hydrogen-bond donors (Lipinski definition) is 5. The van der Waals surface area contributed by atoms with Crippen molar-refractivity contribution in [2.24, 2.45) is 17.8 Å². The van der Waals surface area contributed by atoms with Crippen molar-refractivity contribution in [2.45, 2.75) is 83.3 Å². The number of amides is 4. The van der Waals surface area contributed by atoms with Crippen molar-refractivity contribution in [3.05, 3.63) is 36.0 Å². The fraction of sp³-hybridized carbons (Fsp3) is 0.567. The summed E-state index contributed by atoms with van der Waals surface area (Å²) in [5.74, 6) is -1.71.